The highest BCUT2D eigenvalue weighted by atomic mass is 16.5. The van der Waals surface area contributed by atoms with Crippen molar-refractivity contribution in [2.45, 2.75) is 64.0 Å². The molecule has 2 heterocycles. The molecule has 7 nitrogen and oxygen atoms in total. The average Bonchev–Trinajstić information content (AvgIpc) is 3.35. The Kier molecular flexibility index (Phi) is 5.50. The molecule has 7 heteroatoms. The van der Waals surface area contributed by atoms with Crippen molar-refractivity contribution in [3.63, 3.8) is 0 Å². The third-order valence-corrected chi connectivity index (χ3v) is 5.90. The van der Waals surface area contributed by atoms with Crippen molar-refractivity contribution in [1.82, 2.24) is 20.4 Å². The fraction of sp³-hybridized carbons (Fsp3) is 0.571. The van der Waals surface area contributed by atoms with E-state index in [1.54, 1.807) is 6.20 Å². The Bertz CT molecular complexity index is 856. The summed E-state index contributed by atoms with van der Waals surface area (Å²) in [7, 11) is 0. The van der Waals surface area contributed by atoms with Gasteiger partial charge < -0.3 is 15.0 Å². The maximum Gasteiger partial charge on any atom is 0.407 e. The maximum atomic E-state index is 13.2. The number of rotatable bonds is 4. The van der Waals surface area contributed by atoms with Crippen LogP contribution < -0.4 is 5.32 Å². The molecule has 2 aromatic rings. The summed E-state index contributed by atoms with van der Waals surface area (Å²) in [5, 5.41) is 10.9. The average molecular weight is 384 g/mol. The number of carbonyl (C=O) groups is 2. The van der Waals surface area contributed by atoms with E-state index in [-0.39, 0.29) is 30.7 Å². The molecular weight excluding hydrogens is 356 g/mol. The molecule has 2 fully saturated rings. The smallest absolute Gasteiger partial charge is 0.407 e. The SMILES string of the molecule is Cc1cc(C(=O)N2CCCC2COC(=O)NC2CCCCC2)c2[nH]ncc2c1. The Balaban J connectivity index is 1.39. The normalized spacial score (nSPS) is 20.5. The van der Waals surface area contributed by atoms with Gasteiger partial charge in [0.05, 0.1) is 23.3 Å². The van der Waals surface area contributed by atoms with Crippen LogP contribution >= 0.6 is 0 Å². The summed E-state index contributed by atoms with van der Waals surface area (Å²) in [5.41, 5.74) is 2.42. The van der Waals surface area contributed by atoms with E-state index in [0.29, 0.717) is 12.1 Å². The first-order valence-electron chi connectivity index (χ1n) is 10.3. The third kappa shape index (κ3) is 3.98. The number of nitrogens with zero attached hydrogens (tertiary/aromatic N) is 2. The number of benzene rings is 1. The largest absolute Gasteiger partial charge is 0.447 e. The van der Waals surface area contributed by atoms with Gasteiger partial charge in [0.25, 0.3) is 5.91 Å². The zero-order valence-corrected chi connectivity index (χ0v) is 16.4. The van der Waals surface area contributed by atoms with Crippen LogP contribution in [0.25, 0.3) is 10.9 Å². The minimum atomic E-state index is -0.363. The first kappa shape index (κ1) is 18.8. The van der Waals surface area contributed by atoms with Crippen molar-refractivity contribution in [2.24, 2.45) is 0 Å². The van der Waals surface area contributed by atoms with Gasteiger partial charge in [-0.15, -0.1) is 0 Å². The van der Waals surface area contributed by atoms with Crippen molar-refractivity contribution in [2.75, 3.05) is 13.2 Å². The second-order valence-corrected chi connectivity index (χ2v) is 8.02. The Morgan fingerprint density at radius 3 is 2.86 bits per heavy atom. The summed E-state index contributed by atoms with van der Waals surface area (Å²) in [4.78, 5) is 27.2. The summed E-state index contributed by atoms with van der Waals surface area (Å²) in [6.07, 6.45) is 8.75. The molecular formula is C21H28N4O3. The molecule has 1 aromatic heterocycles. The maximum absolute atomic E-state index is 13.2. The predicted molar refractivity (Wildman–Crippen MR) is 106 cm³/mol. The number of aromatic amines is 1. The molecule has 2 amide bonds. The van der Waals surface area contributed by atoms with E-state index in [0.717, 1.165) is 55.0 Å². The quantitative estimate of drug-likeness (QED) is 0.844. The summed E-state index contributed by atoms with van der Waals surface area (Å²) in [6, 6.07) is 4.05. The number of hydrogen-bond donors (Lipinski definition) is 2. The zero-order chi connectivity index (χ0) is 19.5. The van der Waals surface area contributed by atoms with Gasteiger partial charge in [-0.25, -0.2) is 4.79 Å². The number of aromatic nitrogens is 2. The van der Waals surface area contributed by atoms with Crippen molar-refractivity contribution >= 4 is 22.9 Å². The van der Waals surface area contributed by atoms with Gasteiger partial charge in [0, 0.05) is 18.0 Å². The molecule has 28 heavy (non-hydrogen) atoms. The highest BCUT2D eigenvalue weighted by Crippen LogP contribution is 2.25. The Morgan fingerprint density at radius 2 is 2.04 bits per heavy atom. The Hall–Kier alpha value is -2.57. The molecule has 1 aliphatic heterocycles. The van der Waals surface area contributed by atoms with Crippen LogP contribution in [-0.2, 0) is 4.74 Å². The minimum Gasteiger partial charge on any atom is -0.447 e. The summed E-state index contributed by atoms with van der Waals surface area (Å²) >= 11 is 0. The number of amides is 2. The van der Waals surface area contributed by atoms with Gasteiger partial charge in [-0.3, -0.25) is 9.89 Å². The molecule has 2 N–H and O–H groups in total. The molecule has 1 saturated carbocycles. The van der Waals surface area contributed by atoms with E-state index in [1.807, 2.05) is 24.0 Å². The zero-order valence-electron chi connectivity index (χ0n) is 16.4. The molecule has 1 saturated heterocycles. The van der Waals surface area contributed by atoms with E-state index in [4.69, 9.17) is 4.74 Å². The lowest BCUT2D eigenvalue weighted by molar-refractivity contribution is 0.0632. The number of likely N-dealkylation sites (tertiary alicyclic amines) is 1. The lowest BCUT2D eigenvalue weighted by atomic mass is 9.96. The van der Waals surface area contributed by atoms with E-state index < -0.39 is 0 Å². The van der Waals surface area contributed by atoms with Crippen LogP contribution in [0.2, 0.25) is 0 Å². The van der Waals surface area contributed by atoms with Crippen LogP contribution in [0.1, 0.15) is 60.9 Å². The van der Waals surface area contributed by atoms with Crippen LogP contribution in [0.3, 0.4) is 0 Å². The third-order valence-electron chi connectivity index (χ3n) is 5.90. The van der Waals surface area contributed by atoms with Gasteiger partial charge in [-0.2, -0.15) is 5.10 Å². The van der Waals surface area contributed by atoms with Gasteiger partial charge >= 0.3 is 6.09 Å². The van der Waals surface area contributed by atoms with Crippen molar-refractivity contribution in [3.8, 4) is 0 Å². The minimum absolute atomic E-state index is 0.0308. The predicted octanol–water partition coefficient (Wildman–Crippen LogP) is 3.53. The van der Waals surface area contributed by atoms with Crippen molar-refractivity contribution in [1.29, 1.82) is 0 Å². The molecule has 0 radical (unpaired) electrons. The van der Waals surface area contributed by atoms with Gasteiger partial charge in [0.2, 0.25) is 0 Å². The van der Waals surface area contributed by atoms with Crippen LogP contribution in [0.15, 0.2) is 18.3 Å². The molecule has 1 unspecified atom stereocenters. The lowest BCUT2D eigenvalue weighted by Crippen LogP contribution is -2.41. The number of hydrogen-bond acceptors (Lipinski definition) is 4. The number of ether oxygens (including phenoxy) is 1. The Labute approximate surface area is 164 Å². The fourth-order valence-electron chi connectivity index (χ4n) is 4.43. The lowest BCUT2D eigenvalue weighted by Gasteiger charge is -2.26. The molecule has 4 rings (SSSR count). The van der Waals surface area contributed by atoms with E-state index in [9.17, 15) is 9.59 Å². The summed E-state index contributed by atoms with van der Waals surface area (Å²) in [6.45, 7) is 2.90. The standard InChI is InChI=1S/C21H28N4O3/c1-14-10-15-12-22-24-19(15)18(11-14)20(26)25-9-5-8-17(25)13-28-21(27)23-16-6-3-2-4-7-16/h10-12,16-17H,2-9,13H2,1H3,(H,22,24)(H,23,27). The second kappa shape index (κ2) is 8.20. The van der Waals surface area contributed by atoms with E-state index in [1.165, 1.54) is 6.42 Å². The molecule has 150 valence electrons. The molecule has 1 atom stereocenters. The Morgan fingerprint density at radius 1 is 1.21 bits per heavy atom. The van der Waals surface area contributed by atoms with E-state index in [2.05, 4.69) is 15.5 Å². The van der Waals surface area contributed by atoms with Gasteiger partial charge in [0.1, 0.15) is 6.61 Å². The monoisotopic (exact) mass is 384 g/mol. The highest BCUT2D eigenvalue weighted by Gasteiger charge is 2.32. The molecule has 0 bridgehead atoms. The number of alkyl carbamates (subject to hydrolysis) is 1. The highest BCUT2D eigenvalue weighted by molar-refractivity contribution is 6.06. The first-order chi connectivity index (χ1) is 13.6. The number of fused-ring (bicyclic) bond motifs is 1. The fourth-order valence-corrected chi connectivity index (χ4v) is 4.43. The summed E-state index contributed by atoms with van der Waals surface area (Å²) in [5.74, 6) is -0.0308. The van der Waals surface area contributed by atoms with Crippen molar-refractivity contribution in [3.05, 3.63) is 29.5 Å². The van der Waals surface area contributed by atoms with Gasteiger partial charge in [0.15, 0.2) is 0 Å². The number of aryl methyl sites for hydroxylation is 1. The molecule has 2 aliphatic rings. The van der Waals surface area contributed by atoms with Gasteiger partial charge in [-0.05, 0) is 50.3 Å². The van der Waals surface area contributed by atoms with Crippen molar-refractivity contribution < 1.29 is 14.3 Å². The first-order valence-corrected chi connectivity index (χ1v) is 10.3. The van der Waals surface area contributed by atoms with Gasteiger partial charge in [-0.1, -0.05) is 19.3 Å². The second-order valence-electron chi connectivity index (χ2n) is 8.02. The number of nitrogens with one attached hydrogen (secondary N) is 2. The molecule has 1 aromatic carbocycles. The molecule has 0 spiro atoms. The topological polar surface area (TPSA) is 87.3 Å². The van der Waals surface area contributed by atoms with Crippen LogP contribution in [-0.4, -0.2) is 52.3 Å². The number of H-pyrrole nitrogens is 1. The van der Waals surface area contributed by atoms with Crippen LogP contribution in [0.4, 0.5) is 4.79 Å². The molecule has 1 aliphatic carbocycles. The van der Waals surface area contributed by atoms with Crippen LogP contribution in [0.5, 0.6) is 0 Å². The van der Waals surface area contributed by atoms with Crippen LogP contribution in [0, 0.1) is 6.92 Å². The van der Waals surface area contributed by atoms with E-state index >= 15 is 0 Å². The summed E-state index contributed by atoms with van der Waals surface area (Å²) < 4.78 is 5.48. The number of carbonyl (C=O) groups excluding carboxylic acids is 2.